The van der Waals surface area contributed by atoms with E-state index in [2.05, 4.69) is 448 Å². The summed E-state index contributed by atoms with van der Waals surface area (Å²) in [6, 6.07) is 157. The van der Waals surface area contributed by atoms with E-state index in [0.717, 1.165) is 123 Å². The summed E-state index contributed by atoms with van der Waals surface area (Å²) in [5, 5.41) is 4.47. The molecule has 0 atom stereocenters. The topological polar surface area (TPSA) is 32.8 Å². The number of anilines is 6. The molecule has 18 aromatic carbocycles. The van der Waals surface area contributed by atoms with Crippen molar-refractivity contribution in [2.45, 2.75) is 19.3 Å². The van der Waals surface area contributed by atoms with Crippen LogP contribution >= 0.6 is 0 Å². The molecule has 1 aliphatic carbocycles. The lowest BCUT2D eigenvalue weighted by molar-refractivity contribution is 0.660. The van der Waals surface area contributed by atoms with E-state index in [0.29, 0.717) is 0 Å². The van der Waals surface area contributed by atoms with Gasteiger partial charge in [0, 0.05) is 72.1 Å². The van der Waals surface area contributed by atoms with Crippen LogP contribution in [0, 0.1) is 0 Å². The number of fused-ring (bicyclic) bond motifs is 9. The average Bonchev–Trinajstić information content (AvgIpc) is 1.60. The summed E-state index contributed by atoms with van der Waals surface area (Å²) in [5.41, 5.74) is 36.5. The molecule has 20 aromatic rings. The largest absolute Gasteiger partial charge is 0.455 e. The molecule has 0 amide bonds. The number of furan rings is 2. The molecule has 21 rings (SSSR count). The summed E-state index contributed by atoms with van der Waals surface area (Å²) >= 11 is 0. The van der Waals surface area contributed by atoms with Crippen LogP contribution in [0.1, 0.15) is 25.0 Å². The van der Waals surface area contributed by atoms with E-state index in [-0.39, 0.29) is 5.41 Å². The first-order chi connectivity index (χ1) is 56.8. The highest BCUT2D eigenvalue weighted by Gasteiger charge is 2.36. The van der Waals surface area contributed by atoms with Crippen LogP contribution in [-0.2, 0) is 5.41 Å². The van der Waals surface area contributed by atoms with Gasteiger partial charge in [0.25, 0.3) is 0 Å². The molecule has 2 aromatic heterocycles. The van der Waals surface area contributed by atoms with Crippen LogP contribution in [0.3, 0.4) is 0 Å². The quantitative estimate of drug-likeness (QED) is 0.102. The molecule has 0 aliphatic heterocycles. The summed E-state index contributed by atoms with van der Waals surface area (Å²) in [5.74, 6) is 0. The van der Waals surface area contributed by atoms with Crippen molar-refractivity contribution in [3.8, 4) is 111 Å². The van der Waals surface area contributed by atoms with Crippen molar-refractivity contribution in [1.82, 2.24) is 0 Å². The Labute approximate surface area is 670 Å². The first-order valence-corrected chi connectivity index (χ1v) is 39.5. The van der Waals surface area contributed by atoms with E-state index in [1.807, 2.05) is 12.1 Å². The van der Waals surface area contributed by atoms with Gasteiger partial charge < -0.3 is 18.6 Å². The molecule has 0 saturated carbocycles. The first kappa shape index (κ1) is 69.4. The molecule has 0 unspecified atom stereocenters. The smallest absolute Gasteiger partial charge is 0.143 e. The molecule has 0 bridgehead atoms. The van der Waals surface area contributed by atoms with Crippen molar-refractivity contribution in [2.75, 3.05) is 9.80 Å². The SMILES string of the molecule is CC1(C)c2ccccc2-c2ccc(N(c3ccc(-c4cc(-c5ccc(-c6ccccc6)cc5)c5oc6ccccc6c5c4)cc3)c3ccccc3-c3ccccc3)cc21.c1ccc(-c2ccc(-c3ccc(N(c4ccccc4)c4ccc(-c5cc(-c6ccc(-c7ccccc7)cc6)c6oc7ccccc7c6c5)cc4)cc3)cc2)cc1. The van der Waals surface area contributed by atoms with Crippen LogP contribution in [0.4, 0.5) is 34.1 Å². The highest BCUT2D eigenvalue weighted by molar-refractivity contribution is 6.13. The highest BCUT2D eigenvalue weighted by atomic mass is 16.3. The first-order valence-electron chi connectivity index (χ1n) is 39.5. The predicted octanol–water partition coefficient (Wildman–Crippen LogP) is 31.4. The van der Waals surface area contributed by atoms with Gasteiger partial charge in [-0.2, -0.15) is 0 Å². The minimum absolute atomic E-state index is 0.119. The number of nitrogens with zero attached hydrogens (tertiary/aromatic N) is 2. The van der Waals surface area contributed by atoms with Gasteiger partial charge in [-0.25, -0.2) is 0 Å². The maximum absolute atomic E-state index is 6.60. The minimum atomic E-state index is -0.119. The lowest BCUT2D eigenvalue weighted by Crippen LogP contribution is -2.16. The molecule has 1 aliphatic rings. The molecule has 0 spiro atoms. The summed E-state index contributed by atoms with van der Waals surface area (Å²) in [4.78, 5) is 4.75. The molecule has 4 nitrogen and oxygen atoms in total. The van der Waals surface area contributed by atoms with Crippen LogP contribution < -0.4 is 9.80 Å². The van der Waals surface area contributed by atoms with Crippen molar-refractivity contribution in [1.29, 1.82) is 0 Å². The molecule has 115 heavy (non-hydrogen) atoms. The van der Waals surface area contributed by atoms with Gasteiger partial charge in [-0.1, -0.05) is 347 Å². The van der Waals surface area contributed by atoms with E-state index >= 15 is 0 Å². The number of rotatable bonds is 15. The van der Waals surface area contributed by atoms with Crippen molar-refractivity contribution in [2.24, 2.45) is 0 Å². The third kappa shape index (κ3) is 13.2. The predicted molar refractivity (Wildman–Crippen MR) is 483 cm³/mol. The average molecular weight is 1470 g/mol. The number of benzene rings is 18. The van der Waals surface area contributed by atoms with E-state index in [4.69, 9.17) is 8.83 Å². The van der Waals surface area contributed by atoms with Crippen molar-refractivity contribution >= 4 is 78.0 Å². The third-order valence-corrected chi connectivity index (χ3v) is 23.0. The second-order valence-corrected chi connectivity index (χ2v) is 30.3. The van der Waals surface area contributed by atoms with E-state index < -0.39 is 0 Å². The van der Waals surface area contributed by atoms with Gasteiger partial charge >= 0.3 is 0 Å². The van der Waals surface area contributed by atoms with Gasteiger partial charge in [0.15, 0.2) is 0 Å². The Balaban J connectivity index is 0.000000149. The zero-order valence-electron chi connectivity index (χ0n) is 63.8. The Morgan fingerprint density at radius 1 is 0.183 bits per heavy atom. The number of para-hydroxylation sites is 4. The van der Waals surface area contributed by atoms with Crippen LogP contribution in [0.25, 0.3) is 155 Å². The van der Waals surface area contributed by atoms with E-state index in [1.54, 1.807) is 0 Å². The van der Waals surface area contributed by atoms with E-state index in [1.165, 1.54) is 77.9 Å². The minimum Gasteiger partial charge on any atom is -0.455 e. The van der Waals surface area contributed by atoms with E-state index in [9.17, 15) is 0 Å². The highest BCUT2D eigenvalue weighted by Crippen LogP contribution is 2.52. The second kappa shape index (κ2) is 29.8. The van der Waals surface area contributed by atoms with Crippen molar-refractivity contribution in [3.05, 3.63) is 448 Å². The maximum Gasteiger partial charge on any atom is 0.143 e. The fourth-order valence-electron chi connectivity index (χ4n) is 17.1. The van der Waals surface area contributed by atoms with Gasteiger partial charge in [-0.05, 0) is 209 Å². The molecule has 0 saturated heterocycles. The fourth-order valence-corrected chi connectivity index (χ4v) is 17.1. The zero-order valence-corrected chi connectivity index (χ0v) is 63.8. The molecule has 0 N–H and O–H groups in total. The summed E-state index contributed by atoms with van der Waals surface area (Å²) in [7, 11) is 0. The maximum atomic E-state index is 6.60. The van der Waals surface area contributed by atoms with Gasteiger partial charge in [-0.15, -0.1) is 0 Å². The molecule has 0 radical (unpaired) electrons. The van der Waals surface area contributed by atoms with Gasteiger partial charge in [-0.3, -0.25) is 0 Å². The number of hydrogen-bond acceptors (Lipinski definition) is 4. The summed E-state index contributed by atoms with van der Waals surface area (Å²) in [6.45, 7) is 4.70. The Morgan fingerprint density at radius 3 is 0.922 bits per heavy atom. The summed E-state index contributed by atoms with van der Waals surface area (Å²) in [6.07, 6.45) is 0. The molecule has 0 fully saturated rings. The molecule has 2 heterocycles. The molecular formula is C111H78N2O2. The van der Waals surface area contributed by atoms with Gasteiger partial charge in [0.1, 0.15) is 22.3 Å². The van der Waals surface area contributed by atoms with Crippen molar-refractivity contribution < 1.29 is 8.83 Å². The Kier molecular flexibility index (Phi) is 18.0. The fraction of sp³-hybridized carbons (Fsp3) is 0.0270. The summed E-state index contributed by atoms with van der Waals surface area (Å²) < 4.78 is 13.1. The van der Waals surface area contributed by atoms with Gasteiger partial charge in [0.2, 0.25) is 0 Å². The van der Waals surface area contributed by atoms with Gasteiger partial charge in [0.05, 0.1) is 5.69 Å². The standard InChI is InChI=1S/C57H41NO.C54H37NO/c1-57(2)52-22-12-9-20-47(52)48-34-33-45(37-53(48)57)58(54-23-13-10-19-46(54)41-17-7-4-8-18-41)44-31-29-40(30-32-44)43-35-50(56-51(36-43)49-21-11-14-24-55(49)59-56)42-27-25-39(26-28-42)38-15-5-3-6-16-38;1-4-12-38(13-5-1)40-20-22-42(23-21-40)43-28-32-48(33-29-43)55(47-16-8-3-9-17-47)49-34-30-44(31-35-49)46-36-51(54-52(37-46)50-18-10-11-19-53(50)56-54)45-26-24-41(25-27-45)39-14-6-2-7-15-39/h3-37H,1-2H3;1-37H. The monoisotopic (exact) mass is 1470 g/mol. The second-order valence-electron chi connectivity index (χ2n) is 30.3. The lowest BCUT2D eigenvalue weighted by Gasteiger charge is -2.30. The number of hydrogen-bond donors (Lipinski definition) is 0. The molecule has 544 valence electrons. The normalized spacial score (nSPS) is 12.0. The zero-order chi connectivity index (χ0) is 76.8. The Morgan fingerprint density at radius 2 is 0.478 bits per heavy atom. The van der Waals surface area contributed by atoms with Crippen LogP contribution in [0.2, 0.25) is 0 Å². The third-order valence-electron chi connectivity index (χ3n) is 23.0. The molecular weight excluding hydrogens is 1390 g/mol. The molecule has 4 heteroatoms. The van der Waals surface area contributed by atoms with Crippen LogP contribution in [0.15, 0.2) is 446 Å². The van der Waals surface area contributed by atoms with Crippen molar-refractivity contribution in [3.63, 3.8) is 0 Å². The van der Waals surface area contributed by atoms with Crippen LogP contribution in [-0.4, -0.2) is 0 Å². The Bertz CT molecular complexity index is 6900. The Hall–Kier alpha value is -14.8. The lowest BCUT2D eigenvalue weighted by atomic mass is 9.82. The van der Waals surface area contributed by atoms with Crippen LogP contribution in [0.5, 0.6) is 0 Å².